The lowest BCUT2D eigenvalue weighted by Crippen LogP contribution is -2.41. The minimum atomic E-state index is -0.379. The molecule has 0 aromatic heterocycles. The van der Waals surface area contributed by atoms with Crippen molar-refractivity contribution in [3.8, 4) is 0 Å². The molecule has 19 heavy (non-hydrogen) atoms. The second-order valence-corrected chi connectivity index (χ2v) is 5.44. The molecule has 1 amide bonds. The standard InChI is InChI=1S/C13H18ClN3OS/c1-7(2)16-13(18)8(3)17-11-5-4-9(12(15)19)6-10(11)14/h4-8,17H,1-3H3,(H2,15,19)(H,16,18). The Hall–Kier alpha value is -1.33. The fourth-order valence-corrected chi connectivity index (χ4v) is 1.86. The molecule has 0 bridgehead atoms. The molecule has 0 saturated heterocycles. The fraction of sp³-hybridized carbons (Fsp3) is 0.385. The van der Waals surface area contributed by atoms with Crippen LogP contribution in [0.25, 0.3) is 0 Å². The number of benzene rings is 1. The molecule has 0 aliphatic heterocycles. The number of amides is 1. The van der Waals surface area contributed by atoms with Gasteiger partial charge in [0, 0.05) is 11.6 Å². The quantitative estimate of drug-likeness (QED) is 0.730. The average Bonchev–Trinajstić information content (AvgIpc) is 2.30. The van der Waals surface area contributed by atoms with Crippen molar-refractivity contribution in [1.82, 2.24) is 5.32 Å². The molecule has 1 unspecified atom stereocenters. The first kappa shape index (κ1) is 15.7. The van der Waals surface area contributed by atoms with E-state index in [9.17, 15) is 4.79 Å². The molecule has 0 aliphatic rings. The van der Waals surface area contributed by atoms with E-state index in [0.29, 0.717) is 21.3 Å². The molecule has 1 rings (SSSR count). The van der Waals surface area contributed by atoms with E-state index in [0.717, 1.165) is 0 Å². The van der Waals surface area contributed by atoms with Gasteiger partial charge in [0.05, 0.1) is 10.7 Å². The molecule has 4 N–H and O–H groups in total. The number of thiocarbonyl (C=S) groups is 1. The molecular weight excluding hydrogens is 282 g/mol. The van der Waals surface area contributed by atoms with Gasteiger partial charge in [0.15, 0.2) is 0 Å². The topological polar surface area (TPSA) is 67.2 Å². The molecule has 1 aromatic rings. The van der Waals surface area contributed by atoms with Gasteiger partial charge in [-0.2, -0.15) is 0 Å². The highest BCUT2D eigenvalue weighted by atomic mass is 35.5. The molecule has 0 spiro atoms. The van der Waals surface area contributed by atoms with Crippen molar-refractivity contribution < 1.29 is 4.79 Å². The van der Waals surface area contributed by atoms with E-state index < -0.39 is 0 Å². The summed E-state index contributed by atoms with van der Waals surface area (Å²) in [6.07, 6.45) is 0. The molecule has 0 radical (unpaired) electrons. The SMILES string of the molecule is CC(C)NC(=O)C(C)Nc1ccc(C(N)=S)cc1Cl. The molecule has 0 saturated carbocycles. The Bertz CT molecular complexity index is 491. The Morgan fingerprint density at radius 1 is 1.37 bits per heavy atom. The molecular formula is C13H18ClN3OS. The van der Waals surface area contributed by atoms with Crippen LogP contribution in [0.2, 0.25) is 5.02 Å². The molecule has 1 atom stereocenters. The maximum atomic E-state index is 11.8. The number of rotatable bonds is 5. The third kappa shape index (κ3) is 4.69. The normalized spacial score (nSPS) is 12.1. The van der Waals surface area contributed by atoms with Crippen molar-refractivity contribution in [3.05, 3.63) is 28.8 Å². The van der Waals surface area contributed by atoms with Gasteiger partial charge in [-0.3, -0.25) is 4.79 Å². The number of carbonyl (C=O) groups excluding carboxylic acids is 1. The fourth-order valence-electron chi connectivity index (χ4n) is 1.49. The van der Waals surface area contributed by atoms with Crippen LogP contribution in [-0.2, 0) is 4.79 Å². The van der Waals surface area contributed by atoms with Crippen LogP contribution in [0.4, 0.5) is 5.69 Å². The zero-order valence-corrected chi connectivity index (χ0v) is 12.7. The van der Waals surface area contributed by atoms with Gasteiger partial charge < -0.3 is 16.4 Å². The smallest absolute Gasteiger partial charge is 0.242 e. The molecule has 104 valence electrons. The van der Waals surface area contributed by atoms with E-state index >= 15 is 0 Å². The number of hydrogen-bond acceptors (Lipinski definition) is 3. The Kier molecular flexibility index (Phi) is 5.57. The van der Waals surface area contributed by atoms with Gasteiger partial charge in [0.1, 0.15) is 11.0 Å². The highest BCUT2D eigenvalue weighted by molar-refractivity contribution is 7.80. The Morgan fingerprint density at radius 2 is 2.00 bits per heavy atom. The summed E-state index contributed by atoms with van der Waals surface area (Å²) in [5.74, 6) is -0.0792. The summed E-state index contributed by atoms with van der Waals surface area (Å²) >= 11 is 11.0. The number of nitrogens with two attached hydrogens (primary N) is 1. The minimum absolute atomic E-state index is 0.0792. The number of nitrogens with one attached hydrogen (secondary N) is 2. The van der Waals surface area contributed by atoms with Crippen molar-refractivity contribution in [3.63, 3.8) is 0 Å². The number of carbonyl (C=O) groups is 1. The lowest BCUT2D eigenvalue weighted by molar-refractivity contribution is -0.122. The van der Waals surface area contributed by atoms with Gasteiger partial charge in [-0.1, -0.05) is 23.8 Å². The first-order valence-electron chi connectivity index (χ1n) is 5.97. The third-order valence-corrected chi connectivity index (χ3v) is 3.00. The highest BCUT2D eigenvalue weighted by Gasteiger charge is 2.14. The van der Waals surface area contributed by atoms with E-state index in [4.69, 9.17) is 29.6 Å². The van der Waals surface area contributed by atoms with Crippen LogP contribution >= 0.6 is 23.8 Å². The summed E-state index contributed by atoms with van der Waals surface area (Å²) in [7, 11) is 0. The zero-order valence-electron chi connectivity index (χ0n) is 11.2. The van der Waals surface area contributed by atoms with Crippen molar-refractivity contribution in [2.75, 3.05) is 5.32 Å². The molecule has 0 heterocycles. The van der Waals surface area contributed by atoms with Gasteiger partial charge in [-0.15, -0.1) is 0 Å². The van der Waals surface area contributed by atoms with Crippen LogP contribution in [0, 0.1) is 0 Å². The minimum Gasteiger partial charge on any atom is -0.389 e. The highest BCUT2D eigenvalue weighted by Crippen LogP contribution is 2.23. The zero-order chi connectivity index (χ0) is 14.6. The molecule has 1 aromatic carbocycles. The summed E-state index contributed by atoms with van der Waals surface area (Å²) in [6, 6.07) is 4.93. The maximum absolute atomic E-state index is 11.8. The van der Waals surface area contributed by atoms with Gasteiger partial charge in [-0.25, -0.2) is 0 Å². The predicted octanol–water partition coefficient (Wildman–Crippen LogP) is 2.30. The molecule has 0 fully saturated rings. The van der Waals surface area contributed by atoms with E-state index in [1.54, 1.807) is 25.1 Å². The first-order chi connectivity index (χ1) is 8.81. The number of halogens is 1. The second kappa shape index (κ2) is 6.73. The van der Waals surface area contributed by atoms with E-state index in [1.165, 1.54) is 0 Å². The van der Waals surface area contributed by atoms with Crippen molar-refractivity contribution in [2.45, 2.75) is 32.9 Å². The van der Waals surface area contributed by atoms with Crippen LogP contribution in [0.1, 0.15) is 26.3 Å². The van der Waals surface area contributed by atoms with Crippen molar-refractivity contribution in [2.24, 2.45) is 5.73 Å². The summed E-state index contributed by atoms with van der Waals surface area (Å²) in [4.78, 5) is 12.1. The van der Waals surface area contributed by atoms with Crippen LogP contribution in [-0.4, -0.2) is 23.0 Å². The van der Waals surface area contributed by atoms with Gasteiger partial charge in [-0.05, 0) is 39.0 Å². The molecule has 6 heteroatoms. The lowest BCUT2D eigenvalue weighted by atomic mass is 10.2. The summed E-state index contributed by atoms with van der Waals surface area (Å²) < 4.78 is 0. The average molecular weight is 300 g/mol. The van der Waals surface area contributed by atoms with Crippen LogP contribution in [0.15, 0.2) is 18.2 Å². The third-order valence-electron chi connectivity index (χ3n) is 2.45. The van der Waals surface area contributed by atoms with Gasteiger partial charge in [0.2, 0.25) is 5.91 Å². The first-order valence-corrected chi connectivity index (χ1v) is 6.76. The van der Waals surface area contributed by atoms with Gasteiger partial charge >= 0.3 is 0 Å². The monoisotopic (exact) mass is 299 g/mol. The largest absolute Gasteiger partial charge is 0.389 e. The predicted molar refractivity (Wildman–Crippen MR) is 83.7 cm³/mol. The summed E-state index contributed by atoms with van der Waals surface area (Å²) in [6.45, 7) is 5.60. The van der Waals surface area contributed by atoms with E-state index in [2.05, 4.69) is 10.6 Å². The molecule has 0 aliphatic carbocycles. The van der Waals surface area contributed by atoms with Crippen molar-refractivity contribution >= 4 is 40.4 Å². The molecule has 4 nitrogen and oxygen atoms in total. The van der Waals surface area contributed by atoms with Crippen LogP contribution in [0.5, 0.6) is 0 Å². The number of hydrogen-bond donors (Lipinski definition) is 3. The van der Waals surface area contributed by atoms with Gasteiger partial charge in [0.25, 0.3) is 0 Å². The number of anilines is 1. The van der Waals surface area contributed by atoms with Crippen molar-refractivity contribution in [1.29, 1.82) is 0 Å². The van der Waals surface area contributed by atoms with Crippen LogP contribution < -0.4 is 16.4 Å². The van der Waals surface area contributed by atoms with E-state index in [-0.39, 0.29) is 18.0 Å². The Labute approximate surface area is 123 Å². The Balaban J connectivity index is 2.77. The maximum Gasteiger partial charge on any atom is 0.242 e. The Morgan fingerprint density at radius 3 is 2.47 bits per heavy atom. The second-order valence-electron chi connectivity index (χ2n) is 4.59. The summed E-state index contributed by atoms with van der Waals surface area (Å²) in [5.41, 5.74) is 6.90. The lowest BCUT2D eigenvalue weighted by Gasteiger charge is -2.18. The van der Waals surface area contributed by atoms with Crippen LogP contribution in [0.3, 0.4) is 0 Å². The summed E-state index contributed by atoms with van der Waals surface area (Å²) in [5, 5.41) is 6.36. The van der Waals surface area contributed by atoms with E-state index in [1.807, 2.05) is 13.8 Å².